The van der Waals surface area contributed by atoms with E-state index < -0.39 is 11.7 Å². The molecule has 1 N–H and O–H groups in total. The van der Waals surface area contributed by atoms with Crippen LogP contribution in [0.5, 0.6) is 0 Å². The zero-order valence-electron chi connectivity index (χ0n) is 10.1. The molecule has 1 fully saturated rings. The molecule has 0 aliphatic carbocycles. The Labute approximate surface area is 107 Å². The highest BCUT2D eigenvalue weighted by molar-refractivity contribution is 5.70. The van der Waals surface area contributed by atoms with Crippen LogP contribution in [-0.4, -0.2) is 35.6 Å². The highest BCUT2D eigenvalue weighted by atomic mass is 19.4. The summed E-state index contributed by atoms with van der Waals surface area (Å²) in [5, 5.41) is 3.18. The van der Waals surface area contributed by atoms with E-state index in [0.717, 1.165) is 19.3 Å². The van der Waals surface area contributed by atoms with Crippen molar-refractivity contribution in [3.63, 3.8) is 0 Å². The first-order valence-electron chi connectivity index (χ1n) is 6.05. The number of pyridine rings is 1. The van der Waals surface area contributed by atoms with Gasteiger partial charge in [-0.25, -0.2) is 4.98 Å². The minimum Gasteiger partial charge on any atom is -0.366 e. The molecule has 2 aromatic rings. The fourth-order valence-corrected chi connectivity index (χ4v) is 2.31. The van der Waals surface area contributed by atoms with Crippen LogP contribution in [0.3, 0.4) is 0 Å². The van der Waals surface area contributed by atoms with Gasteiger partial charge in [-0.3, -0.25) is 0 Å². The van der Waals surface area contributed by atoms with E-state index >= 15 is 0 Å². The maximum Gasteiger partial charge on any atom is 0.417 e. The molecule has 2 aromatic heterocycles. The van der Waals surface area contributed by atoms with Gasteiger partial charge in [0.2, 0.25) is 0 Å². The van der Waals surface area contributed by atoms with Crippen molar-refractivity contribution in [2.24, 2.45) is 0 Å². The second-order valence-corrected chi connectivity index (χ2v) is 4.51. The van der Waals surface area contributed by atoms with Crippen LogP contribution in [-0.2, 0) is 6.18 Å². The fourth-order valence-electron chi connectivity index (χ4n) is 2.31. The molecule has 0 saturated carbocycles. The monoisotopic (exact) mass is 270 g/mol. The smallest absolute Gasteiger partial charge is 0.366 e. The average molecular weight is 270 g/mol. The second kappa shape index (κ2) is 4.41. The number of nitrogens with zero attached hydrogens (tertiary/aromatic N) is 3. The van der Waals surface area contributed by atoms with Gasteiger partial charge in [0.25, 0.3) is 0 Å². The minimum atomic E-state index is -4.35. The number of aromatic nitrogens is 2. The van der Waals surface area contributed by atoms with Gasteiger partial charge in [0.15, 0.2) is 5.65 Å². The van der Waals surface area contributed by atoms with E-state index in [0.29, 0.717) is 24.4 Å². The van der Waals surface area contributed by atoms with Crippen molar-refractivity contribution < 1.29 is 13.2 Å². The Morgan fingerprint density at radius 3 is 2.63 bits per heavy atom. The molecule has 1 aliphatic rings. The lowest BCUT2D eigenvalue weighted by atomic mass is 10.2. The Morgan fingerprint density at radius 1 is 1.21 bits per heavy atom. The topological polar surface area (TPSA) is 32.6 Å². The van der Waals surface area contributed by atoms with Crippen molar-refractivity contribution in [3.8, 4) is 0 Å². The number of rotatable bonds is 1. The summed E-state index contributed by atoms with van der Waals surface area (Å²) in [6.07, 6.45) is -0.216. The van der Waals surface area contributed by atoms with Crippen LogP contribution in [0.15, 0.2) is 24.7 Å². The number of fused-ring (bicyclic) bond motifs is 1. The Hall–Kier alpha value is -1.76. The lowest BCUT2D eigenvalue weighted by Gasteiger charge is -2.30. The largest absolute Gasteiger partial charge is 0.417 e. The van der Waals surface area contributed by atoms with Crippen LogP contribution in [0.25, 0.3) is 5.65 Å². The van der Waals surface area contributed by atoms with Crippen molar-refractivity contribution in [3.05, 3.63) is 30.2 Å². The number of anilines is 1. The first-order chi connectivity index (χ1) is 9.05. The standard InChI is InChI=1S/C12H13F3N4/c13-12(14,15)9-7-10(18-4-1-16-2-5-18)11-17-3-6-19(11)8-9/h3,6-8,16H,1-2,4-5H2. The summed E-state index contributed by atoms with van der Waals surface area (Å²) in [4.78, 5) is 6.09. The van der Waals surface area contributed by atoms with Gasteiger partial charge in [-0.1, -0.05) is 0 Å². The summed E-state index contributed by atoms with van der Waals surface area (Å²) in [6.45, 7) is 2.90. The average Bonchev–Trinajstić information content (AvgIpc) is 2.85. The number of imidazole rings is 1. The molecule has 0 aromatic carbocycles. The number of alkyl halides is 3. The first kappa shape index (κ1) is 12.3. The van der Waals surface area contributed by atoms with E-state index in [4.69, 9.17) is 0 Å². The van der Waals surface area contributed by atoms with Crippen LogP contribution >= 0.6 is 0 Å². The fraction of sp³-hybridized carbons (Fsp3) is 0.417. The number of hydrogen-bond donors (Lipinski definition) is 1. The van der Waals surface area contributed by atoms with E-state index in [1.165, 1.54) is 22.9 Å². The maximum atomic E-state index is 12.9. The minimum absolute atomic E-state index is 0.543. The predicted molar refractivity (Wildman–Crippen MR) is 65.3 cm³/mol. The molecule has 0 radical (unpaired) electrons. The molecule has 7 heteroatoms. The summed E-state index contributed by atoms with van der Waals surface area (Å²) in [7, 11) is 0. The Bertz CT molecular complexity index is 584. The van der Waals surface area contributed by atoms with Crippen molar-refractivity contribution in [1.82, 2.24) is 14.7 Å². The van der Waals surface area contributed by atoms with Gasteiger partial charge < -0.3 is 14.6 Å². The third-order valence-electron chi connectivity index (χ3n) is 3.25. The van der Waals surface area contributed by atoms with Crippen LogP contribution in [0, 0.1) is 0 Å². The molecule has 3 heterocycles. The van der Waals surface area contributed by atoms with E-state index in [2.05, 4.69) is 10.3 Å². The van der Waals surface area contributed by atoms with Crippen LogP contribution < -0.4 is 10.2 Å². The van der Waals surface area contributed by atoms with E-state index in [9.17, 15) is 13.2 Å². The van der Waals surface area contributed by atoms with Gasteiger partial charge >= 0.3 is 6.18 Å². The van der Waals surface area contributed by atoms with Crippen LogP contribution in [0.1, 0.15) is 5.56 Å². The molecule has 3 rings (SSSR count). The molecule has 1 saturated heterocycles. The lowest BCUT2D eigenvalue weighted by Crippen LogP contribution is -2.43. The lowest BCUT2D eigenvalue weighted by molar-refractivity contribution is -0.137. The SMILES string of the molecule is FC(F)(F)c1cc(N2CCNCC2)c2nccn2c1. The van der Waals surface area contributed by atoms with Crippen LogP contribution in [0.2, 0.25) is 0 Å². The van der Waals surface area contributed by atoms with E-state index in [1.807, 2.05) is 4.90 Å². The Balaban J connectivity index is 2.12. The predicted octanol–water partition coefficient (Wildman–Crippen LogP) is 1.76. The third kappa shape index (κ3) is 2.25. The first-order valence-corrected chi connectivity index (χ1v) is 6.05. The van der Waals surface area contributed by atoms with Crippen molar-refractivity contribution >= 4 is 11.3 Å². The molecule has 0 spiro atoms. The molecule has 4 nitrogen and oxygen atoms in total. The Morgan fingerprint density at radius 2 is 1.95 bits per heavy atom. The highest BCUT2D eigenvalue weighted by Crippen LogP contribution is 2.33. The summed E-state index contributed by atoms with van der Waals surface area (Å²) in [6, 6.07) is 1.19. The molecular weight excluding hydrogens is 257 g/mol. The van der Waals surface area contributed by atoms with Crippen molar-refractivity contribution in [2.45, 2.75) is 6.18 Å². The molecule has 19 heavy (non-hydrogen) atoms. The zero-order valence-corrected chi connectivity index (χ0v) is 10.1. The van der Waals surface area contributed by atoms with Gasteiger partial charge in [-0.15, -0.1) is 0 Å². The molecule has 0 bridgehead atoms. The van der Waals surface area contributed by atoms with Crippen LogP contribution in [0.4, 0.5) is 18.9 Å². The molecule has 0 unspecified atom stereocenters. The van der Waals surface area contributed by atoms with Gasteiger partial charge in [-0.2, -0.15) is 13.2 Å². The maximum absolute atomic E-state index is 12.9. The summed E-state index contributed by atoms with van der Waals surface area (Å²) >= 11 is 0. The van der Waals surface area contributed by atoms with Crippen molar-refractivity contribution in [2.75, 3.05) is 31.1 Å². The number of hydrogen-bond acceptors (Lipinski definition) is 3. The molecule has 0 amide bonds. The summed E-state index contributed by atoms with van der Waals surface area (Å²) in [5.74, 6) is 0. The van der Waals surface area contributed by atoms with Gasteiger partial charge in [0, 0.05) is 44.8 Å². The number of halogens is 3. The number of nitrogens with one attached hydrogen (secondary N) is 1. The van der Waals surface area contributed by atoms with Gasteiger partial charge in [0.1, 0.15) is 0 Å². The molecular formula is C12H13F3N4. The summed E-state index contributed by atoms with van der Waals surface area (Å²) in [5.41, 5.74) is 0.461. The molecule has 1 aliphatic heterocycles. The normalized spacial score (nSPS) is 17.1. The van der Waals surface area contributed by atoms with E-state index in [-0.39, 0.29) is 0 Å². The van der Waals surface area contributed by atoms with Gasteiger partial charge in [-0.05, 0) is 6.07 Å². The second-order valence-electron chi connectivity index (χ2n) is 4.51. The third-order valence-corrected chi connectivity index (χ3v) is 3.25. The number of piperazine rings is 1. The quantitative estimate of drug-likeness (QED) is 0.857. The Kier molecular flexibility index (Phi) is 2.85. The molecule has 102 valence electrons. The van der Waals surface area contributed by atoms with E-state index in [1.54, 1.807) is 0 Å². The highest BCUT2D eigenvalue weighted by Gasteiger charge is 2.32. The summed E-state index contributed by atoms with van der Waals surface area (Å²) < 4.78 is 40.1. The van der Waals surface area contributed by atoms with Gasteiger partial charge in [0.05, 0.1) is 11.3 Å². The molecule has 0 atom stereocenters. The zero-order chi connectivity index (χ0) is 13.5. The van der Waals surface area contributed by atoms with Crippen molar-refractivity contribution in [1.29, 1.82) is 0 Å².